The molecule has 1 nitrogen and oxygen atoms in total. The maximum atomic E-state index is 5.63. The average molecular weight is 223 g/mol. The van der Waals surface area contributed by atoms with Gasteiger partial charge in [0.25, 0.3) is 0 Å². The summed E-state index contributed by atoms with van der Waals surface area (Å²) in [6.07, 6.45) is 15.0. The van der Waals surface area contributed by atoms with Crippen molar-refractivity contribution >= 4 is 0 Å². The lowest BCUT2D eigenvalue weighted by Gasteiger charge is -2.11. The first-order chi connectivity index (χ1) is 7.88. The molecule has 0 heterocycles. The number of hydrogen-bond acceptors (Lipinski definition) is 1. The van der Waals surface area contributed by atoms with Gasteiger partial charge in [-0.3, -0.25) is 0 Å². The molecule has 1 heteroatoms. The zero-order chi connectivity index (χ0) is 11.6. The molecule has 1 saturated carbocycles. The van der Waals surface area contributed by atoms with E-state index in [1.54, 1.807) is 11.1 Å². The predicted molar refractivity (Wildman–Crippen MR) is 72.5 cm³/mol. The second-order valence-electron chi connectivity index (χ2n) is 5.12. The third kappa shape index (κ3) is 5.16. The highest BCUT2D eigenvalue weighted by molar-refractivity contribution is 5.17. The third-order valence-corrected chi connectivity index (χ3v) is 3.72. The molecule has 0 atom stereocenters. The molecule has 0 bridgehead atoms. The molecule has 94 valence electrons. The van der Waals surface area contributed by atoms with Gasteiger partial charge in [0, 0.05) is 0 Å². The number of allylic oxidation sites excluding steroid dienone is 2. The molecule has 0 aromatic heterocycles. The summed E-state index contributed by atoms with van der Waals surface area (Å²) in [6.45, 7) is 3.14. The topological polar surface area (TPSA) is 26.0 Å². The van der Waals surface area contributed by atoms with E-state index < -0.39 is 0 Å². The van der Waals surface area contributed by atoms with Crippen LogP contribution in [0.4, 0.5) is 0 Å². The zero-order valence-electron chi connectivity index (χ0n) is 11.1. The lowest BCUT2D eigenvalue weighted by atomic mass is 9.96. The molecule has 2 N–H and O–H groups in total. The molecule has 1 fully saturated rings. The summed E-state index contributed by atoms with van der Waals surface area (Å²) in [5.74, 6) is 0. The van der Waals surface area contributed by atoms with Crippen LogP contribution in [0.2, 0.25) is 0 Å². The molecule has 0 aromatic rings. The van der Waals surface area contributed by atoms with Crippen LogP contribution in [0, 0.1) is 0 Å². The predicted octanol–water partition coefficient (Wildman–Crippen LogP) is 4.57. The van der Waals surface area contributed by atoms with Crippen LogP contribution in [-0.4, -0.2) is 6.54 Å². The Balaban J connectivity index is 2.34. The normalized spacial score (nSPS) is 15.8. The fraction of sp³-hybridized carbons (Fsp3) is 0.867. The summed E-state index contributed by atoms with van der Waals surface area (Å²) < 4.78 is 0. The molecule has 0 amide bonds. The van der Waals surface area contributed by atoms with Crippen LogP contribution in [-0.2, 0) is 0 Å². The monoisotopic (exact) mass is 223 g/mol. The molecule has 0 saturated heterocycles. The minimum Gasteiger partial charge on any atom is -0.330 e. The van der Waals surface area contributed by atoms with Gasteiger partial charge in [0.05, 0.1) is 0 Å². The molecule has 0 unspecified atom stereocenters. The molecule has 16 heavy (non-hydrogen) atoms. The minimum absolute atomic E-state index is 0.853. The molecule has 1 aliphatic rings. The Morgan fingerprint density at radius 1 is 1.00 bits per heavy atom. The van der Waals surface area contributed by atoms with E-state index in [1.807, 2.05) is 0 Å². The van der Waals surface area contributed by atoms with Crippen LogP contribution in [0.25, 0.3) is 0 Å². The zero-order valence-corrected chi connectivity index (χ0v) is 11.1. The van der Waals surface area contributed by atoms with Crippen LogP contribution in [0.1, 0.15) is 77.6 Å². The summed E-state index contributed by atoms with van der Waals surface area (Å²) >= 11 is 0. The lowest BCUT2D eigenvalue weighted by Crippen LogP contribution is -2.00. The third-order valence-electron chi connectivity index (χ3n) is 3.72. The fourth-order valence-electron chi connectivity index (χ4n) is 2.71. The van der Waals surface area contributed by atoms with Gasteiger partial charge < -0.3 is 5.73 Å². The summed E-state index contributed by atoms with van der Waals surface area (Å²) in [7, 11) is 0. The van der Waals surface area contributed by atoms with Crippen LogP contribution in [0.3, 0.4) is 0 Å². The molecule has 0 radical (unpaired) electrons. The molecule has 0 spiro atoms. The number of unbranched alkanes of at least 4 members (excludes halogenated alkanes) is 3. The summed E-state index contributed by atoms with van der Waals surface area (Å²) in [4.78, 5) is 0. The number of hydrogen-bond donors (Lipinski definition) is 1. The van der Waals surface area contributed by atoms with Crippen molar-refractivity contribution in [3.63, 3.8) is 0 Å². The van der Waals surface area contributed by atoms with E-state index in [0.29, 0.717) is 0 Å². The van der Waals surface area contributed by atoms with Crippen LogP contribution < -0.4 is 5.73 Å². The Morgan fingerprint density at radius 2 is 1.69 bits per heavy atom. The Hall–Kier alpha value is -0.300. The van der Waals surface area contributed by atoms with E-state index in [-0.39, 0.29) is 0 Å². The van der Waals surface area contributed by atoms with Crippen molar-refractivity contribution in [1.82, 2.24) is 0 Å². The highest BCUT2D eigenvalue weighted by Crippen LogP contribution is 2.31. The second kappa shape index (κ2) is 8.81. The molecule has 1 rings (SSSR count). The van der Waals surface area contributed by atoms with Crippen molar-refractivity contribution in [2.75, 3.05) is 6.54 Å². The van der Waals surface area contributed by atoms with E-state index in [4.69, 9.17) is 5.73 Å². The number of rotatable bonds is 8. The van der Waals surface area contributed by atoms with Gasteiger partial charge in [-0.25, -0.2) is 0 Å². The Bertz CT molecular complexity index is 197. The van der Waals surface area contributed by atoms with Crippen molar-refractivity contribution < 1.29 is 0 Å². The fourth-order valence-corrected chi connectivity index (χ4v) is 2.71. The van der Waals surface area contributed by atoms with Gasteiger partial charge in [-0.15, -0.1) is 0 Å². The van der Waals surface area contributed by atoms with Gasteiger partial charge in [0.1, 0.15) is 0 Å². The summed E-state index contributed by atoms with van der Waals surface area (Å²) in [5.41, 5.74) is 9.20. The van der Waals surface area contributed by atoms with E-state index in [2.05, 4.69) is 6.92 Å². The lowest BCUT2D eigenvalue weighted by molar-refractivity contribution is 0.643. The van der Waals surface area contributed by atoms with Gasteiger partial charge in [-0.05, 0) is 57.9 Å². The maximum Gasteiger partial charge on any atom is -0.00742 e. The van der Waals surface area contributed by atoms with Crippen molar-refractivity contribution in [3.05, 3.63) is 11.1 Å². The van der Waals surface area contributed by atoms with Gasteiger partial charge in [0.15, 0.2) is 0 Å². The summed E-state index contributed by atoms with van der Waals surface area (Å²) in [5, 5.41) is 0. The van der Waals surface area contributed by atoms with Crippen LogP contribution in [0.5, 0.6) is 0 Å². The molecular formula is C15H29N. The largest absolute Gasteiger partial charge is 0.330 e. The molecule has 0 aromatic carbocycles. The van der Waals surface area contributed by atoms with Crippen molar-refractivity contribution in [1.29, 1.82) is 0 Å². The Morgan fingerprint density at radius 3 is 2.31 bits per heavy atom. The smallest absolute Gasteiger partial charge is 0.00742 e. The number of nitrogens with two attached hydrogens (primary N) is 1. The minimum atomic E-state index is 0.853. The second-order valence-corrected chi connectivity index (χ2v) is 5.12. The summed E-state index contributed by atoms with van der Waals surface area (Å²) in [6, 6.07) is 0. The van der Waals surface area contributed by atoms with Crippen molar-refractivity contribution in [2.45, 2.75) is 77.6 Å². The van der Waals surface area contributed by atoms with Crippen molar-refractivity contribution in [2.24, 2.45) is 5.73 Å². The average Bonchev–Trinajstić information content (AvgIpc) is 2.82. The molecule has 0 aliphatic heterocycles. The highest BCUT2D eigenvalue weighted by atomic mass is 14.5. The Kier molecular flexibility index (Phi) is 7.58. The standard InChI is InChI=1S/C15H29N/c1-2-3-4-5-9-15(12-8-13-16)14-10-6-7-11-14/h2-13,16H2,1H3. The van der Waals surface area contributed by atoms with E-state index >= 15 is 0 Å². The quantitative estimate of drug-likeness (QED) is 0.473. The van der Waals surface area contributed by atoms with E-state index in [9.17, 15) is 0 Å². The first-order valence-corrected chi connectivity index (χ1v) is 7.28. The van der Waals surface area contributed by atoms with Gasteiger partial charge in [-0.1, -0.05) is 37.3 Å². The maximum absolute atomic E-state index is 5.63. The highest BCUT2D eigenvalue weighted by Gasteiger charge is 2.11. The first-order valence-electron chi connectivity index (χ1n) is 7.28. The van der Waals surface area contributed by atoms with Crippen LogP contribution in [0.15, 0.2) is 11.1 Å². The van der Waals surface area contributed by atoms with E-state index in [0.717, 1.165) is 6.54 Å². The van der Waals surface area contributed by atoms with Crippen LogP contribution >= 0.6 is 0 Å². The molecule has 1 aliphatic carbocycles. The Labute approximate surface area is 101 Å². The van der Waals surface area contributed by atoms with Gasteiger partial charge in [0.2, 0.25) is 0 Å². The van der Waals surface area contributed by atoms with Crippen molar-refractivity contribution in [3.8, 4) is 0 Å². The first kappa shape index (κ1) is 13.8. The SMILES string of the molecule is CCCCCCC(CCCN)=C1CCCC1. The van der Waals surface area contributed by atoms with Gasteiger partial charge in [-0.2, -0.15) is 0 Å². The van der Waals surface area contributed by atoms with E-state index in [1.165, 1.54) is 70.6 Å². The molecular weight excluding hydrogens is 194 g/mol. The van der Waals surface area contributed by atoms with Gasteiger partial charge >= 0.3 is 0 Å².